The maximum atomic E-state index is 13.9. The third kappa shape index (κ3) is 8.69. The summed E-state index contributed by atoms with van der Waals surface area (Å²) in [7, 11) is 1.48. The Bertz CT molecular complexity index is 1290. The molecule has 4 N–H and O–H groups in total. The van der Waals surface area contributed by atoms with Crippen LogP contribution < -0.4 is 16.1 Å². The predicted molar refractivity (Wildman–Crippen MR) is 166 cm³/mol. The average Bonchev–Trinajstić information content (AvgIpc) is 3.25. The molecule has 0 radical (unpaired) electrons. The number of hydroxylamine groups is 1. The number of benzene rings is 2. The van der Waals surface area contributed by atoms with Crippen molar-refractivity contribution in [2.75, 3.05) is 13.6 Å². The molecule has 1 unspecified atom stereocenters. The van der Waals surface area contributed by atoms with Crippen molar-refractivity contribution in [2.45, 2.75) is 50.7 Å². The van der Waals surface area contributed by atoms with Gasteiger partial charge in [-0.15, -0.1) is 24.6 Å². The van der Waals surface area contributed by atoms with Crippen LogP contribution in [0.3, 0.4) is 0 Å². The Labute approximate surface area is 257 Å². The Morgan fingerprint density at radius 1 is 0.884 bits per heavy atom. The Morgan fingerprint density at radius 3 is 1.91 bits per heavy atom. The van der Waals surface area contributed by atoms with Crippen molar-refractivity contribution in [3.05, 3.63) is 71.3 Å². The minimum absolute atomic E-state index is 0.0687. The molecule has 0 fully saturated rings. The largest absolute Gasteiger partial charge is 0.357 e. The van der Waals surface area contributed by atoms with E-state index in [1.165, 1.54) is 30.9 Å². The standard InChI is InChI=1S/C30H38N4O6S.C2H2/c1-18(2)15-22(23(26(36)33-40)16-34-28(38)20-13-9-10-14-21(20)29(34)39)25(35)32-24(27(37)31-5)30(3,4)41-17-19-11-7-6-8-12-19;1-2/h6-14,18,22-24,40H,15-17H2,1-5H3,(H,31,37)(H,32,35)(H,33,36);1-2H/t22-,23+,24?;/m1./s1. The highest BCUT2D eigenvalue weighted by molar-refractivity contribution is 7.99. The number of hydrogen-bond donors (Lipinski definition) is 4. The van der Waals surface area contributed by atoms with Gasteiger partial charge in [0, 0.05) is 24.1 Å². The minimum atomic E-state index is -1.27. The van der Waals surface area contributed by atoms with Crippen LogP contribution in [0.2, 0.25) is 0 Å². The van der Waals surface area contributed by atoms with E-state index in [4.69, 9.17) is 0 Å². The summed E-state index contributed by atoms with van der Waals surface area (Å²) in [5, 5.41) is 15.0. The first-order valence-corrected chi connectivity index (χ1v) is 14.8. The van der Waals surface area contributed by atoms with Crippen LogP contribution in [0.1, 0.15) is 60.4 Å². The molecule has 2 aromatic carbocycles. The van der Waals surface area contributed by atoms with Gasteiger partial charge in [0.05, 0.1) is 23.0 Å². The number of carbonyl (C=O) groups is 5. The molecule has 0 saturated carbocycles. The van der Waals surface area contributed by atoms with Crippen molar-refractivity contribution >= 4 is 41.3 Å². The summed E-state index contributed by atoms with van der Waals surface area (Å²) in [5.41, 5.74) is 3.08. The first-order valence-electron chi connectivity index (χ1n) is 13.8. The van der Waals surface area contributed by atoms with E-state index < -0.39 is 58.7 Å². The number of likely N-dealkylation sites (N-methyl/N-ethyl adjacent to an activating group) is 1. The number of hydrogen-bond acceptors (Lipinski definition) is 7. The molecule has 11 heteroatoms. The van der Waals surface area contributed by atoms with Gasteiger partial charge in [-0.05, 0) is 43.9 Å². The van der Waals surface area contributed by atoms with E-state index in [9.17, 15) is 29.2 Å². The number of nitrogens with one attached hydrogen (secondary N) is 3. The smallest absolute Gasteiger partial charge is 0.261 e. The van der Waals surface area contributed by atoms with E-state index >= 15 is 0 Å². The third-order valence-corrected chi connectivity index (χ3v) is 8.65. The summed E-state index contributed by atoms with van der Waals surface area (Å²) < 4.78 is -0.759. The number of rotatable bonds is 13. The van der Waals surface area contributed by atoms with Crippen LogP contribution in [-0.2, 0) is 20.1 Å². The summed E-state index contributed by atoms with van der Waals surface area (Å²) in [5.74, 6) is -4.86. The van der Waals surface area contributed by atoms with Gasteiger partial charge in [-0.1, -0.05) is 56.3 Å². The molecule has 3 atom stereocenters. The van der Waals surface area contributed by atoms with Gasteiger partial charge in [-0.25, -0.2) is 5.48 Å². The van der Waals surface area contributed by atoms with Gasteiger partial charge in [-0.2, -0.15) is 0 Å². The second-order valence-electron chi connectivity index (χ2n) is 11.0. The van der Waals surface area contributed by atoms with Gasteiger partial charge in [0.15, 0.2) is 0 Å². The van der Waals surface area contributed by atoms with Crippen molar-refractivity contribution in [2.24, 2.45) is 17.8 Å². The third-order valence-electron chi connectivity index (χ3n) is 7.20. The van der Waals surface area contributed by atoms with Crippen LogP contribution in [0, 0.1) is 30.6 Å². The molecule has 3 rings (SSSR count). The SMILES string of the molecule is C#C.CNC(=O)C(NC(=O)[C@H](CC(C)C)[C@H](CN1C(=O)c2ccccc2C1=O)C(=O)NO)C(C)(C)SCc1ccccc1. The van der Waals surface area contributed by atoms with Crippen molar-refractivity contribution < 1.29 is 29.2 Å². The number of amides is 5. The maximum absolute atomic E-state index is 13.9. The van der Waals surface area contributed by atoms with E-state index in [1.54, 1.807) is 17.6 Å². The van der Waals surface area contributed by atoms with E-state index in [1.807, 2.05) is 58.0 Å². The van der Waals surface area contributed by atoms with E-state index in [0.717, 1.165) is 10.5 Å². The predicted octanol–water partition coefficient (Wildman–Crippen LogP) is 3.26. The lowest BCUT2D eigenvalue weighted by Crippen LogP contribution is -2.58. The molecule has 0 aliphatic carbocycles. The lowest BCUT2D eigenvalue weighted by Gasteiger charge is -2.35. The quantitative estimate of drug-likeness (QED) is 0.118. The van der Waals surface area contributed by atoms with E-state index in [-0.39, 0.29) is 23.5 Å². The zero-order valence-electron chi connectivity index (χ0n) is 25.1. The minimum Gasteiger partial charge on any atom is -0.357 e. The summed E-state index contributed by atoms with van der Waals surface area (Å²) in [6.07, 6.45) is 8.20. The molecule has 1 aliphatic heterocycles. The Balaban J connectivity index is 0.00000316. The number of thioether (sulfide) groups is 1. The van der Waals surface area contributed by atoms with Crippen LogP contribution in [0.5, 0.6) is 0 Å². The molecule has 0 saturated heterocycles. The molecular weight excluding hydrogens is 568 g/mol. The highest BCUT2D eigenvalue weighted by Crippen LogP contribution is 2.33. The van der Waals surface area contributed by atoms with Crippen molar-refractivity contribution in [3.63, 3.8) is 0 Å². The highest BCUT2D eigenvalue weighted by Gasteiger charge is 2.44. The van der Waals surface area contributed by atoms with Crippen molar-refractivity contribution in [1.82, 2.24) is 21.0 Å². The van der Waals surface area contributed by atoms with Crippen LogP contribution >= 0.6 is 11.8 Å². The summed E-state index contributed by atoms with van der Waals surface area (Å²) in [6, 6.07) is 15.1. The Hall–Kier alpha value is -4.14. The fourth-order valence-electron chi connectivity index (χ4n) is 4.91. The fraction of sp³-hybridized carbons (Fsp3) is 0.406. The normalized spacial score (nSPS) is 14.6. The van der Waals surface area contributed by atoms with Crippen molar-refractivity contribution in [1.29, 1.82) is 0 Å². The molecule has 230 valence electrons. The number of terminal acetylenes is 1. The zero-order chi connectivity index (χ0) is 32.3. The van der Waals surface area contributed by atoms with Crippen LogP contribution in [0.4, 0.5) is 0 Å². The summed E-state index contributed by atoms with van der Waals surface area (Å²) in [4.78, 5) is 66.9. The topological polar surface area (TPSA) is 145 Å². The molecule has 0 spiro atoms. The fourth-order valence-corrected chi connectivity index (χ4v) is 5.98. The molecule has 2 aromatic rings. The highest BCUT2D eigenvalue weighted by atomic mass is 32.2. The first kappa shape index (κ1) is 35.1. The second kappa shape index (κ2) is 15.9. The molecule has 5 amide bonds. The van der Waals surface area contributed by atoms with Gasteiger partial charge in [0.1, 0.15) is 6.04 Å². The monoisotopic (exact) mass is 608 g/mol. The maximum Gasteiger partial charge on any atom is 0.261 e. The van der Waals surface area contributed by atoms with E-state index in [2.05, 4.69) is 23.5 Å². The molecule has 10 nitrogen and oxygen atoms in total. The Kier molecular flexibility index (Phi) is 13.0. The van der Waals surface area contributed by atoms with Crippen LogP contribution in [0.15, 0.2) is 54.6 Å². The second-order valence-corrected chi connectivity index (χ2v) is 12.6. The molecule has 0 aromatic heterocycles. The zero-order valence-corrected chi connectivity index (χ0v) is 25.9. The molecular formula is C32H40N4O6S. The van der Waals surface area contributed by atoms with E-state index in [0.29, 0.717) is 5.75 Å². The Morgan fingerprint density at radius 2 is 1.42 bits per heavy atom. The number of fused-ring (bicyclic) bond motifs is 1. The summed E-state index contributed by atoms with van der Waals surface area (Å²) in [6.45, 7) is 7.03. The molecule has 0 bridgehead atoms. The lowest BCUT2D eigenvalue weighted by atomic mass is 9.83. The van der Waals surface area contributed by atoms with Gasteiger partial charge in [-0.3, -0.25) is 34.1 Å². The first-order chi connectivity index (χ1) is 20.4. The summed E-state index contributed by atoms with van der Waals surface area (Å²) >= 11 is 1.50. The molecule has 43 heavy (non-hydrogen) atoms. The van der Waals surface area contributed by atoms with Gasteiger partial charge < -0.3 is 10.6 Å². The van der Waals surface area contributed by atoms with Crippen molar-refractivity contribution in [3.8, 4) is 12.8 Å². The number of imide groups is 1. The van der Waals surface area contributed by atoms with Gasteiger partial charge in [0.2, 0.25) is 17.7 Å². The van der Waals surface area contributed by atoms with Gasteiger partial charge >= 0.3 is 0 Å². The average molecular weight is 609 g/mol. The van der Waals surface area contributed by atoms with Gasteiger partial charge in [0.25, 0.3) is 11.8 Å². The van der Waals surface area contributed by atoms with Crippen LogP contribution in [0.25, 0.3) is 0 Å². The van der Waals surface area contributed by atoms with Crippen LogP contribution in [-0.4, -0.2) is 64.0 Å². The number of carbonyl (C=O) groups excluding carboxylic acids is 5. The molecule has 1 aliphatic rings. The number of nitrogens with zero attached hydrogens (tertiary/aromatic N) is 1. The lowest BCUT2D eigenvalue weighted by molar-refractivity contribution is -0.142. The molecule has 1 heterocycles.